The van der Waals surface area contributed by atoms with Gasteiger partial charge in [-0.15, -0.1) is 0 Å². The molecule has 0 saturated heterocycles. The van der Waals surface area contributed by atoms with E-state index < -0.39 is 6.10 Å². The van der Waals surface area contributed by atoms with Crippen LogP contribution >= 0.6 is 0 Å². The van der Waals surface area contributed by atoms with Crippen molar-refractivity contribution in [3.63, 3.8) is 0 Å². The first-order valence-electron chi connectivity index (χ1n) is 6.07. The quantitative estimate of drug-likeness (QED) is 0.798. The maximum Gasteiger partial charge on any atom is 0.269 e. The Morgan fingerprint density at radius 2 is 2.24 bits per heavy atom. The van der Waals surface area contributed by atoms with Gasteiger partial charge in [0.05, 0.1) is 17.8 Å². The summed E-state index contributed by atoms with van der Waals surface area (Å²) >= 11 is 0. The highest BCUT2D eigenvalue weighted by molar-refractivity contribution is 5.92. The van der Waals surface area contributed by atoms with Crippen LogP contribution in [0.3, 0.4) is 0 Å². The first kappa shape index (κ1) is 12.1. The van der Waals surface area contributed by atoms with E-state index in [4.69, 9.17) is 0 Å². The summed E-state index contributed by atoms with van der Waals surface area (Å²) < 4.78 is 1.57. The van der Waals surface area contributed by atoms with Crippen LogP contribution in [-0.2, 0) is 7.05 Å². The molecular formula is C12H19N3O2. The van der Waals surface area contributed by atoms with Crippen LogP contribution in [0.25, 0.3) is 0 Å². The highest BCUT2D eigenvalue weighted by Gasteiger charge is 2.25. The van der Waals surface area contributed by atoms with Gasteiger partial charge in [-0.1, -0.05) is 12.8 Å². The molecule has 0 aliphatic heterocycles. The zero-order valence-corrected chi connectivity index (χ0v) is 10.3. The van der Waals surface area contributed by atoms with E-state index in [9.17, 15) is 9.90 Å². The van der Waals surface area contributed by atoms with Crippen LogP contribution in [0.15, 0.2) is 6.07 Å². The molecule has 1 heterocycles. The number of aryl methyl sites for hydroxylation is 2. The number of aliphatic hydroxyl groups is 1. The number of nitrogens with one attached hydrogen (secondary N) is 1. The molecule has 1 aromatic rings. The van der Waals surface area contributed by atoms with Crippen molar-refractivity contribution in [2.24, 2.45) is 7.05 Å². The second-order valence-electron chi connectivity index (χ2n) is 4.73. The molecule has 0 unspecified atom stereocenters. The summed E-state index contributed by atoms with van der Waals surface area (Å²) in [6, 6.07) is 1.64. The predicted octanol–water partition coefficient (Wildman–Crippen LogP) is 0.762. The number of aliphatic hydroxyl groups excluding tert-OH is 1. The minimum Gasteiger partial charge on any atom is -0.391 e. The third-order valence-electron chi connectivity index (χ3n) is 3.28. The van der Waals surface area contributed by atoms with Crippen molar-refractivity contribution in [3.8, 4) is 0 Å². The van der Waals surface area contributed by atoms with Gasteiger partial charge in [-0.25, -0.2) is 0 Å². The monoisotopic (exact) mass is 237 g/mol. The van der Waals surface area contributed by atoms with Gasteiger partial charge in [0, 0.05) is 7.05 Å². The third-order valence-corrected chi connectivity index (χ3v) is 3.28. The Kier molecular flexibility index (Phi) is 3.47. The molecule has 0 bridgehead atoms. The molecule has 1 aliphatic carbocycles. The van der Waals surface area contributed by atoms with Gasteiger partial charge in [-0.05, 0) is 25.8 Å². The van der Waals surface area contributed by atoms with E-state index in [1.165, 1.54) is 0 Å². The fourth-order valence-corrected chi connectivity index (χ4v) is 2.35. The molecule has 0 spiro atoms. The number of hydrogen-bond donors (Lipinski definition) is 2. The maximum atomic E-state index is 12.0. The number of amides is 1. The lowest BCUT2D eigenvalue weighted by atomic mass is 9.92. The fourth-order valence-electron chi connectivity index (χ4n) is 2.35. The molecule has 0 radical (unpaired) electrons. The topological polar surface area (TPSA) is 67.2 Å². The Hall–Kier alpha value is -1.36. The van der Waals surface area contributed by atoms with Crippen LogP contribution in [0, 0.1) is 6.92 Å². The molecule has 5 heteroatoms. The van der Waals surface area contributed by atoms with E-state index in [1.807, 2.05) is 6.92 Å². The summed E-state index contributed by atoms with van der Waals surface area (Å²) in [5.74, 6) is -0.154. The van der Waals surface area contributed by atoms with Gasteiger partial charge in [0.15, 0.2) is 0 Å². The minimum atomic E-state index is -0.415. The van der Waals surface area contributed by atoms with Gasteiger partial charge >= 0.3 is 0 Å². The number of nitrogens with zero attached hydrogens (tertiary/aromatic N) is 2. The van der Waals surface area contributed by atoms with Gasteiger partial charge < -0.3 is 10.4 Å². The van der Waals surface area contributed by atoms with Crippen LogP contribution in [0.5, 0.6) is 0 Å². The van der Waals surface area contributed by atoms with Crippen molar-refractivity contribution in [2.75, 3.05) is 0 Å². The zero-order valence-electron chi connectivity index (χ0n) is 10.3. The van der Waals surface area contributed by atoms with Crippen LogP contribution in [0.2, 0.25) is 0 Å². The van der Waals surface area contributed by atoms with Crippen LogP contribution < -0.4 is 5.32 Å². The lowest BCUT2D eigenvalue weighted by molar-refractivity contribution is 0.0710. The fraction of sp³-hybridized carbons (Fsp3) is 0.667. The van der Waals surface area contributed by atoms with Crippen molar-refractivity contribution in [1.29, 1.82) is 0 Å². The van der Waals surface area contributed by atoms with Crippen LogP contribution in [0.4, 0.5) is 0 Å². The molecule has 5 nitrogen and oxygen atoms in total. The van der Waals surface area contributed by atoms with Crippen molar-refractivity contribution >= 4 is 5.91 Å². The summed E-state index contributed by atoms with van der Waals surface area (Å²) in [5, 5.41) is 16.8. The molecule has 0 aromatic carbocycles. The Morgan fingerprint density at radius 1 is 1.53 bits per heavy atom. The molecule has 17 heavy (non-hydrogen) atoms. The highest BCUT2D eigenvalue weighted by atomic mass is 16.3. The summed E-state index contributed by atoms with van der Waals surface area (Å²) in [6.07, 6.45) is 3.31. The van der Waals surface area contributed by atoms with E-state index in [-0.39, 0.29) is 11.9 Å². The second kappa shape index (κ2) is 4.87. The van der Waals surface area contributed by atoms with E-state index in [1.54, 1.807) is 17.8 Å². The van der Waals surface area contributed by atoms with Crippen molar-refractivity contribution in [2.45, 2.75) is 44.8 Å². The Balaban J connectivity index is 2.03. The standard InChI is InChI=1S/C12H19N3O2/c1-8-7-10(15(2)14-8)12(17)13-9-5-3-4-6-11(9)16/h7,9,11,16H,3-6H2,1-2H3,(H,13,17)/t9-,11-/m1/s1. The summed E-state index contributed by atoms with van der Waals surface area (Å²) in [5.41, 5.74) is 1.36. The number of rotatable bonds is 2. The van der Waals surface area contributed by atoms with Gasteiger partial charge in [0.1, 0.15) is 5.69 Å². The number of carbonyl (C=O) groups excluding carboxylic acids is 1. The SMILES string of the molecule is Cc1cc(C(=O)N[C@@H]2CCCC[C@H]2O)n(C)n1. The molecule has 94 valence electrons. The molecule has 2 rings (SSSR count). The molecule has 1 saturated carbocycles. The molecule has 2 N–H and O–H groups in total. The number of hydrogen-bond acceptors (Lipinski definition) is 3. The lowest BCUT2D eigenvalue weighted by Gasteiger charge is -2.28. The third kappa shape index (κ3) is 2.66. The number of aromatic nitrogens is 2. The van der Waals surface area contributed by atoms with Gasteiger partial charge in [-0.2, -0.15) is 5.10 Å². The van der Waals surface area contributed by atoms with E-state index >= 15 is 0 Å². The first-order chi connectivity index (χ1) is 8.08. The van der Waals surface area contributed by atoms with Crippen molar-refractivity contribution in [3.05, 3.63) is 17.5 Å². The Labute approximate surface area is 101 Å². The molecule has 1 aliphatic rings. The molecule has 1 aromatic heterocycles. The molecule has 1 fully saturated rings. The zero-order chi connectivity index (χ0) is 12.4. The summed E-state index contributed by atoms with van der Waals surface area (Å²) in [4.78, 5) is 12.0. The van der Waals surface area contributed by atoms with Crippen LogP contribution in [0.1, 0.15) is 41.9 Å². The maximum absolute atomic E-state index is 12.0. The molecular weight excluding hydrogens is 218 g/mol. The predicted molar refractivity (Wildman–Crippen MR) is 63.7 cm³/mol. The second-order valence-corrected chi connectivity index (χ2v) is 4.73. The van der Waals surface area contributed by atoms with Crippen molar-refractivity contribution in [1.82, 2.24) is 15.1 Å². The average molecular weight is 237 g/mol. The molecule has 2 atom stereocenters. The van der Waals surface area contributed by atoms with Crippen molar-refractivity contribution < 1.29 is 9.90 Å². The lowest BCUT2D eigenvalue weighted by Crippen LogP contribution is -2.45. The Bertz CT molecular complexity index is 414. The smallest absolute Gasteiger partial charge is 0.269 e. The normalized spacial score (nSPS) is 24.6. The van der Waals surface area contributed by atoms with Gasteiger partial charge in [-0.3, -0.25) is 9.48 Å². The average Bonchev–Trinajstić information content (AvgIpc) is 2.61. The van der Waals surface area contributed by atoms with Gasteiger partial charge in [0.25, 0.3) is 5.91 Å². The van der Waals surface area contributed by atoms with E-state index in [0.717, 1.165) is 31.4 Å². The summed E-state index contributed by atoms with van der Waals surface area (Å²) in [6.45, 7) is 1.85. The number of carbonyl (C=O) groups is 1. The van der Waals surface area contributed by atoms with E-state index in [2.05, 4.69) is 10.4 Å². The summed E-state index contributed by atoms with van der Waals surface area (Å²) in [7, 11) is 1.75. The van der Waals surface area contributed by atoms with Gasteiger partial charge in [0.2, 0.25) is 0 Å². The first-order valence-corrected chi connectivity index (χ1v) is 6.07. The largest absolute Gasteiger partial charge is 0.391 e. The highest BCUT2D eigenvalue weighted by Crippen LogP contribution is 2.18. The Morgan fingerprint density at radius 3 is 2.82 bits per heavy atom. The molecule has 1 amide bonds. The minimum absolute atomic E-state index is 0.119. The van der Waals surface area contributed by atoms with Crippen LogP contribution in [-0.4, -0.2) is 32.9 Å². The van der Waals surface area contributed by atoms with E-state index in [0.29, 0.717) is 5.69 Å².